The van der Waals surface area contributed by atoms with Crippen LogP contribution in [-0.4, -0.2) is 0 Å². The average Bonchev–Trinajstić information content (AvgIpc) is 2.03. The van der Waals surface area contributed by atoms with Crippen LogP contribution in [-0.2, 0) is 5.41 Å². The number of rotatable bonds is 1. The van der Waals surface area contributed by atoms with Crippen LogP contribution < -0.4 is 0 Å². The molecule has 0 aliphatic rings. The maximum atomic E-state index is 12.6. The van der Waals surface area contributed by atoms with E-state index < -0.39 is 6.43 Å². The van der Waals surface area contributed by atoms with Crippen LogP contribution in [0.25, 0.3) is 0 Å². The van der Waals surface area contributed by atoms with E-state index in [9.17, 15) is 8.78 Å². The number of halogens is 2. The SMILES string of the molecule is CC(C)(C)c1ccccc1C(F)F. The van der Waals surface area contributed by atoms with E-state index in [0.29, 0.717) is 0 Å². The fraction of sp³-hybridized carbons (Fsp3) is 0.455. The molecule has 0 saturated heterocycles. The normalized spacial score (nSPS) is 12.2. The molecule has 0 saturated carbocycles. The minimum Gasteiger partial charge on any atom is -0.205 e. The van der Waals surface area contributed by atoms with Gasteiger partial charge < -0.3 is 0 Å². The quantitative estimate of drug-likeness (QED) is 0.620. The molecule has 1 aromatic rings. The van der Waals surface area contributed by atoms with Crippen molar-refractivity contribution in [3.8, 4) is 0 Å². The highest BCUT2D eigenvalue weighted by Crippen LogP contribution is 2.31. The Morgan fingerprint density at radius 2 is 1.62 bits per heavy atom. The molecule has 0 fully saturated rings. The van der Waals surface area contributed by atoms with Crippen molar-refractivity contribution in [2.75, 3.05) is 0 Å². The first kappa shape index (κ1) is 10.2. The van der Waals surface area contributed by atoms with E-state index in [1.807, 2.05) is 20.8 Å². The summed E-state index contributed by atoms with van der Waals surface area (Å²) in [7, 11) is 0. The van der Waals surface area contributed by atoms with Gasteiger partial charge in [0.25, 0.3) is 6.43 Å². The summed E-state index contributed by atoms with van der Waals surface area (Å²) < 4.78 is 25.1. The molecule has 0 nitrogen and oxygen atoms in total. The van der Waals surface area contributed by atoms with Gasteiger partial charge in [-0.05, 0) is 11.0 Å². The van der Waals surface area contributed by atoms with E-state index in [1.165, 1.54) is 6.07 Å². The zero-order valence-corrected chi connectivity index (χ0v) is 8.14. The first-order valence-corrected chi connectivity index (χ1v) is 4.30. The molecule has 0 heterocycles. The first-order chi connectivity index (χ1) is 5.93. The first-order valence-electron chi connectivity index (χ1n) is 4.30. The topological polar surface area (TPSA) is 0 Å². The molecule has 13 heavy (non-hydrogen) atoms. The lowest BCUT2D eigenvalue weighted by molar-refractivity contribution is 0.149. The maximum Gasteiger partial charge on any atom is 0.264 e. The minimum absolute atomic E-state index is 0.148. The summed E-state index contributed by atoms with van der Waals surface area (Å²) in [6, 6.07) is 6.70. The van der Waals surface area contributed by atoms with Gasteiger partial charge in [0.2, 0.25) is 0 Å². The predicted molar refractivity (Wildman–Crippen MR) is 50.1 cm³/mol. The molecular formula is C11H14F2. The van der Waals surface area contributed by atoms with Crippen molar-refractivity contribution < 1.29 is 8.78 Å². The molecule has 2 heteroatoms. The molecule has 0 bridgehead atoms. The Bertz CT molecular complexity index is 284. The van der Waals surface area contributed by atoms with Gasteiger partial charge in [-0.15, -0.1) is 0 Å². The van der Waals surface area contributed by atoms with Crippen LogP contribution in [0.2, 0.25) is 0 Å². The number of hydrogen-bond acceptors (Lipinski definition) is 0. The van der Waals surface area contributed by atoms with Crippen LogP contribution >= 0.6 is 0 Å². The predicted octanol–water partition coefficient (Wildman–Crippen LogP) is 3.92. The summed E-state index contributed by atoms with van der Waals surface area (Å²) in [6.07, 6.45) is -2.38. The Hall–Kier alpha value is -0.920. The van der Waals surface area contributed by atoms with E-state index in [-0.39, 0.29) is 11.0 Å². The largest absolute Gasteiger partial charge is 0.264 e. The molecule has 72 valence electrons. The molecular weight excluding hydrogens is 170 g/mol. The highest BCUT2D eigenvalue weighted by Gasteiger charge is 2.21. The molecule has 0 spiro atoms. The molecule has 0 N–H and O–H groups in total. The van der Waals surface area contributed by atoms with Crippen LogP contribution in [0.3, 0.4) is 0 Å². The van der Waals surface area contributed by atoms with Crippen molar-refractivity contribution in [1.29, 1.82) is 0 Å². The van der Waals surface area contributed by atoms with Crippen LogP contribution in [0.15, 0.2) is 24.3 Å². The molecule has 0 amide bonds. The second-order valence-corrected chi connectivity index (χ2v) is 4.14. The minimum atomic E-state index is -2.38. The summed E-state index contributed by atoms with van der Waals surface area (Å²) in [5.41, 5.74) is 0.660. The van der Waals surface area contributed by atoms with Gasteiger partial charge in [0.15, 0.2) is 0 Å². The summed E-state index contributed by atoms with van der Waals surface area (Å²) in [5, 5.41) is 0. The van der Waals surface area contributed by atoms with Gasteiger partial charge in [-0.25, -0.2) is 8.78 Å². The van der Waals surface area contributed by atoms with Crippen molar-refractivity contribution in [1.82, 2.24) is 0 Å². The second-order valence-electron chi connectivity index (χ2n) is 4.14. The second kappa shape index (κ2) is 3.44. The Balaban J connectivity index is 3.20. The van der Waals surface area contributed by atoms with Gasteiger partial charge in [0.1, 0.15) is 0 Å². The molecule has 0 aliphatic heterocycles. The Morgan fingerprint density at radius 3 is 2.00 bits per heavy atom. The van der Waals surface area contributed by atoms with Crippen LogP contribution in [0.4, 0.5) is 8.78 Å². The molecule has 1 aromatic carbocycles. The van der Waals surface area contributed by atoms with Crippen molar-refractivity contribution in [3.63, 3.8) is 0 Å². The smallest absolute Gasteiger partial charge is 0.205 e. The summed E-state index contributed by atoms with van der Waals surface area (Å²) in [5.74, 6) is 0. The standard InChI is InChI=1S/C11H14F2/c1-11(2,3)9-7-5-4-6-8(9)10(12)13/h4-7,10H,1-3H3. The van der Waals surface area contributed by atoms with Crippen LogP contribution in [0, 0.1) is 0 Å². The van der Waals surface area contributed by atoms with Gasteiger partial charge in [-0.2, -0.15) is 0 Å². The number of benzene rings is 1. The molecule has 0 aliphatic carbocycles. The Kier molecular flexibility index (Phi) is 2.69. The van der Waals surface area contributed by atoms with E-state index in [4.69, 9.17) is 0 Å². The molecule has 0 aromatic heterocycles. The summed E-state index contributed by atoms with van der Waals surface area (Å²) in [4.78, 5) is 0. The maximum absolute atomic E-state index is 12.6. The van der Waals surface area contributed by atoms with Crippen molar-refractivity contribution in [3.05, 3.63) is 35.4 Å². The lowest BCUT2D eigenvalue weighted by atomic mass is 9.84. The van der Waals surface area contributed by atoms with E-state index >= 15 is 0 Å². The Labute approximate surface area is 77.6 Å². The van der Waals surface area contributed by atoms with Crippen molar-refractivity contribution in [2.45, 2.75) is 32.6 Å². The molecule has 1 rings (SSSR count). The third-order valence-corrected chi connectivity index (χ3v) is 2.00. The van der Waals surface area contributed by atoms with Gasteiger partial charge in [0, 0.05) is 5.56 Å². The molecule has 0 radical (unpaired) electrons. The third kappa shape index (κ3) is 2.27. The van der Waals surface area contributed by atoms with Gasteiger partial charge in [0.05, 0.1) is 0 Å². The Morgan fingerprint density at radius 1 is 1.08 bits per heavy atom. The third-order valence-electron chi connectivity index (χ3n) is 2.00. The van der Waals surface area contributed by atoms with E-state index in [0.717, 1.165) is 5.56 Å². The van der Waals surface area contributed by atoms with Crippen molar-refractivity contribution >= 4 is 0 Å². The average molecular weight is 184 g/mol. The highest BCUT2D eigenvalue weighted by atomic mass is 19.3. The summed E-state index contributed by atoms with van der Waals surface area (Å²) >= 11 is 0. The summed E-state index contributed by atoms with van der Waals surface area (Å²) in [6.45, 7) is 5.82. The number of alkyl halides is 2. The zero-order valence-electron chi connectivity index (χ0n) is 8.14. The molecule has 0 unspecified atom stereocenters. The van der Waals surface area contributed by atoms with E-state index in [2.05, 4.69) is 0 Å². The lowest BCUT2D eigenvalue weighted by Crippen LogP contribution is -2.14. The van der Waals surface area contributed by atoms with Crippen LogP contribution in [0.5, 0.6) is 0 Å². The van der Waals surface area contributed by atoms with Crippen molar-refractivity contribution in [2.24, 2.45) is 0 Å². The lowest BCUT2D eigenvalue weighted by Gasteiger charge is -2.22. The fourth-order valence-corrected chi connectivity index (χ4v) is 1.37. The fourth-order valence-electron chi connectivity index (χ4n) is 1.37. The number of hydrogen-bond donors (Lipinski definition) is 0. The van der Waals surface area contributed by atoms with E-state index in [1.54, 1.807) is 18.2 Å². The zero-order chi connectivity index (χ0) is 10.1. The van der Waals surface area contributed by atoms with Gasteiger partial charge in [-0.1, -0.05) is 45.0 Å². The van der Waals surface area contributed by atoms with Gasteiger partial charge in [-0.3, -0.25) is 0 Å². The highest BCUT2D eigenvalue weighted by molar-refractivity contribution is 5.33. The molecule has 0 atom stereocenters. The monoisotopic (exact) mass is 184 g/mol. The van der Waals surface area contributed by atoms with Gasteiger partial charge >= 0.3 is 0 Å². The van der Waals surface area contributed by atoms with Crippen LogP contribution in [0.1, 0.15) is 38.3 Å².